The molecule has 4 rings (SSSR count). The highest BCUT2D eigenvalue weighted by molar-refractivity contribution is 7.89. The van der Waals surface area contributed by atoms with Crippen molar-refractivity contribution in [1.82, 2.24) is 9.62 Å². The van der Waals surface area contributed by atoms with Gasteiger partial charge in [0.15, 0.2) is 0 Å². The van der Waals surface area contributed by atoms with Crippen molar-refractivity contribution >= 4 is 39.6 Å². The predicted molar refractivity (Wildman–Crippen MR) is 187 cm³/mol. The molecule has 22 heteroatoms. The Morgan fingerprint density at radius 1 is 0.857 bits per heavy atom. The first-order valence-electron chi connectivity index (χ1n) is 16.0. The van der Waals surface area contributed by atoms with E-state index in [1.165, 1.54) is 24.3 Å². The van der Waals surface area contributed by atoms with Crippen LogP contribution in [0.1, 0.15) is 41.3 Å². The van der Waals surface area contributed by atoms with Crippen LogP contribution in [0.2, 0.25) is 0 Å². The molecule has 1 atom stereocenters. The lowest BCUT2D eigenvalue weighted by atomic mass is 10.1. The number of alkyl halides is 6. The summed E-state index contributed by atoms with van der Waals surface area (Å²) in [6.07, 6.45) is -8.14. The lowest BCUT2D eigenvalue weighted by Gasteiger charge is -2.32. The molecule has 0 saturated carbocycles. The Labute approximate surface area is 315 Å². The molecule has 0 amide bonds. The van der Waals surface area contributed by atoms with E-state index >= 15 is 0 Å². The number of likely N-dealkylation sites (tertiary alicyclic amines) is 1. The molecule has 306 valence electrons. The number of aliphatic carboxylic acids is 2. The van der Waals surface area contributed by atoms with Crippen molar-refractivity contribution in [2.75, 3.05) is 19.7 Å². The molecular weight excluding hydrogens is 784 g/mol. The van der Waals surface area contributed by atoms with Gasteiger partial charge in [-0.1, -0.05) is 24.3 Å². The first-order chi connectivity index (χ1) is 25.9. The van der Waals surface area contributed by atoms with Crippen LogP contribution in [0.15, 0.2) is 77.7 Å². The fourth-order valence-corrected chi connectivity index (χ4v) is 5.86. The maximum Gasteiger partial charge on any atom is 0.490 e. The minimum Gasteiger partial charge on any atom is -0.492 e. The van der Waals surface area contributed by atoms with E-state index in [4.69, 9.17) is 50.9 Å². The van der Waals surface area contributed by atoms with Crippen LogP contribution in [-0.4, -0.2) is 102 Å². The number of piperidine rings is 1. The standard InChI is InChI=1S/C30H35N5O6S.2C2HF3O2/c1-20(31)35-15-13-26(14-16-35)41-25-9-5-21(6-10-25)17-24(19-40-27-4-2-3-23(18-27)29(32)33)34-42(38,39)28-11-7-22(8-12-28)30(36)37;2*3-2(4,5)1(6)7/h2-12,18,24,26,31,34H,13-17,19H2,1H3,(H3,32,33)(H,36,37);2*(H,6,7)/t24-;;/m0../s1. The van der Waals surface area contributed by atoms with E-state index in [1.807, 2.05) is 29.2 Å². The van der Waals surface area contributed by atoms with Gasteiger partial charge in [0.1, 0.15) is 30.0 Å². The molecule has 1 aliphatic rings. The van der Waals surface area contributed by atoms with E-state index in [9.17, 15) is 39.6 Å². The van der Waals surface area contributed by atoms with Crippen molar-refractivity contribution in [1.29, 1.82) is 10.8 Å². The molecule has 0 radical (unpaired) electrons. The van der Waals surface area contributed by atoms with Crippen LogP contribution < -0.4 is 19.9 Å². The summed E-state index contributed by atoms with van der Waals surface area (Å²) in [5, 5.41) is 38.8. The molecule has 1 saturated heterocycles. The summed E-state index contributed by atoms with van der Waals surface area (Å²) in [6, 6.07) is 18.5. The fraction of sp³-hybridized carbons (Fsp3) is 0.324. The summed E-state index contributed by atoms with van der Waals surface area (Å²) >= 11 is 0. The number of halogens is 6. The number of carboxylic acid groups (broad SMARTS) is 3. The first-order valence-corrected chi connectivity index (χ1v) is 17.5. The molecular formula is C34H37F6N5O10S. The van der Waals surface area contributed by atoms with Gasteiger partial charge in [-0.3, -0.25) is 10.8 Å². The number of benzene rings is 3. The Morgan fingerprint density at radius 3 is 1.82 bits per heavy atom. The number of nitrogens with zero attached hydrogens (tertiary/aromatic N) is 1. The average Bonchev–Trinajstić information content (AvgIpc) is 3.11. The molecule has 1 fully saturated rings. The number of hydrogen-bond acceptors (Lipinski definition) is 9. The fourth-order valence-electron chi connectivity index (χ4n) is 4.64. The van der Waals surface area contributed by atoms with Crippen LogP contribution in [0.4, 0.5) is 26.3 Å². The number of nitrogens with two attached hydrogens (primary N) is 1. The predicted octanol–water partition coefficient (Wildman–Crippen LogP) is 4.74. The van der Waals surface area contributed by atoms with E-state index in [-0.39, 0.29) is 29.0 Å². The number of nitrogen functional groups attached to an aromatic ring is 1. The zero-order valence-corrected chi connectivity index (χ0v) is 30.0. The van der Waals surface area contributed by atoms with Crippen molar-refractivity contribution < 1.29 is 73.9 Å². The van der Waals surface area contributed by atoms with Gasteiger partial charge in [-0.15, -0.1) is 0 Å². The van der Waals surface area contributed by atoms with Gasteiger partial charge >= 0.3 is 30.3 Å². The van der Waals surface area contributed by atoms with Crippen LogP contribution in [0.3, 0.4) is 0 Å². The van der Waals surface area contributed by atoms with Crippen LogP contribution >= 0.6 is 0 Å². The molecule has 3 aromatic rings. The maximum atomic E-state index is 13.2. The summed E-state index contributed by atoms with van der Waals surface area (Å²) < 4.78 is 105. The van der Waals surface area contributed by atoms with E-state index in [0.717, 1.165) is 37.2 Å². The van der Waals surface area contributed by atoms with Crippen molar-refractivity contribution in [2.24, 2.45) is 5.73 Å². The van der Waals surface area contributed by atoms with Crippen LogP contribution in [0.5, 0.6) is 11.5 Å². The highest BCUT2D eigenvalue weighted by Crippen LogP contribution is 2.22. The van der Waals surface area contributed by atoms with Crippen molar-refractivity contribution in [3.05, 3.63) is 89.5 Å². The summed E-state index contributed by atoms with van der Waals surface area (Å²) in [5.74, 6) is -5.05. The molecule has 15 nitrogen and oxygen atoms in total. The number of nitrogens with one attached hydrogen (secondary N) is 3. The number of ether oxygens (including phenoxy) is 2. The van der Waals surface area contributed by atoms with Crippen LogP contribution in [-0.2, 0) is 26.0 Å². The second kappa shape index (κ2) is 20.1. The van der Waals surface area contributed by atoms with Crippen LogP contribution in [0.25, 0.3) is 0 Å². The minimum absolute atomic E-state index is 0.0168. The Bertz CT molecular complexity index is 1910. The monoisotopic (exact) mass is 821 g/mol. The third-order valence-corrected chi connectivity index (χ3v) is 8.98. The second-order valence-electron chi connectivity index (χ2n) is 11.7. The molecule has 0 unspecified atom stereocenters. The van der Waals surface area contributed by atoms with Gasteiger partial charge in [0.05, 0.1) is 22.3 Å². The van der Waals surface area contributed by atoms with E-state index in [1.54, 1.807) is 31.2 Å². The van der Waals surface area contributed by atoms with Gasteiger partial charge in [0, 0.05) is 31.5 Å². The highest BCUT2D eigenvalue weighted by Gasteiger charge is 2.39. The molecule has 1 aliphatic heterocycles. The van der Waals surface area contributed by atoms with Gasteiger partial charge in [-0.05, 0) is 67.4 Å². The van der Waals surface area contributed by atoms with Gasteiger partial charge in [0.2, 0.25) is 10.0 Å². The zero-order valence-electron chi connectivity index (χ0n) is 29.2. The molecule has 0 spiro atoms. The van der Waals surface area contributed by atoms with E-state index < -0.39 is 46.3 Å². The highest BCUT2D eigenvalue weighted by atomic mass is 32.2. The quantitative estimate of drug-likeness (QED) is 0.0743. The topological polar surface area (TPSA) is 253 Å². The average molecular weight is 822 g/mol. The Balaban J connectivity index is 0.000000657. The summed E-state index contributed by atoms with van der Waals surface area (Å²) in [7, 11) is -4.01. The second-order valence-corrected chi connectivity index (χ2v) is 13.5. The normalized spacial score (nSPS) is 13.8. The summed E-state index contributed by atoms with van der Waals surface area (Å²) in [5.41, 5.74) is 6.91. The van der Waals surface area contributed by atoms with Crippen LogP contribution in [0, 0.1) is 10.8 Å². The molecule has 56 heavy (non-hydrogen) atoms. The lowest BCUT2D eigenvalue weighted by molar-refractivity contribution is -0.193. The third kappa shape index (κ3) is 15.8. The number of amidine groups is 2. The molecule has 0 aliphatic carbocycles. The van der Waals surface area contributed by atoms with E-state index in [2.05, 4.69) is 4.72 Å². The molecule has 1 heterocycles. The Morgan fingerprint density at radius 2 is 1.38 bits per heavy atom. The minimum atomic E-state index is -5.08. The van der Waals surface area contributed by atoms with Crippen molar-refractivity contribution in [3.63, 3.8) is 0 Å². The number of sulfonamides is 1. The van der Waals surface area contributed by atoms with E-state index in [0.29, 0.717) is 23.6 Å². The number of aromatic carboxylic acids is 1. The van der Waals surface area contributed by atoms with Gasteiger partial charge in [-0.25, -0.2) is 27.5 Å². The largest absolute Gasteiger partial charge is 0.492 e. The SMILES string of the molecule is CC(=N)N1CCC(Oc2ccc(C[C@@H](COc3cccc(C(=N)N)c3)NS(=O)(=O)c3ccc(C(=O)O)cc3)cc2)CC1.O=C(O)C(F)(F)F.O=C(O)C(F)(F)F. The Hall–Kier alpha value is -5.90. The van der Waals surface area contributed by atoms with Crippen molar-refractivity contribution in [3.8, 4) is 11.5 Å². The number of carbonyl (C=O) groups is 3. The molecule has 3 aromatic carbocycles. The number of carboxylic acids is 3. The third-order valence-electron chi connectivity index (χ3n) is 7.44. The Kier molecular flexibility index (Phi) is 16.6. The first kappa shape index (κ1) is 46.3. The summed E-state index contributed by atoms with van der Waals surface area (Å²) in [6.45, 7) is 3.34. The number of rotatable bonds is 12. The maximum absolute atomic E-state index is 13.2. The lowest BCUT2D eigenvalue weighted by Crippen LogP contribution is -2.40. The van der Waals surface area contributed by atoms with Crippen molar-refractivity contribution in [2.45, 2.75) is 55.6 Å². The molecule has 0 bridgehead atoms. The number of hydrogen-bond donors (Lipinski definition) is 7. The molecule has 8 N–H and O–H groups in total. The zero-order chi connectivity index (χ0) is 42.4. The van der Waals surface area contributed by atoms with Gasteiger partial charge in [0.25, 0.3) is 0 Å². The smallest absolute Gasteiger partial charge is 0.490 e. The molecule has 0 aromatic heterocycles. The summed E-state index contributed by atoms with van der Waals surface area (Å²) in [4.78, 5) is 30.9. The van der Waals surface area contributed by atoms with Gasteiger partial charge < -0.3 is 35.4 Å². The van der Waals surface area contributed by atoms with Gasteiger partial charge in [-0.2, -0.15) is 26.3 Å².